The van der Waals surface area contributed by atoms with Gasteiger partial charge in [-0.25, -0.2) is 4.98 Å². The summed E-state index contributed by atoms with van der Waals surface area (Å²) in [4.78, 5) is 9.72. The predicted octanol–water partition coefficient (Wildman–Crippen LogP) is 6.84. The van der Waals surface area contributed by atoms with Gasteiger partial charge in [-0.3, -0.25) is 4.98 Å². The molecule has 0 unspecified atom stereocenters. The van der Waals surface area contributed by atoms with Gasteiger partial charge < -0.3 is 9.67 Å². The minimum absolute atomic E-state index is 0.283. The van der Waals surface area contributed by atoms with Crippen LogP contribution in [0.4, 0.5) is 0 Å². The number of aromatic hydroxyl groups is 1. The number of rotatable bonds is 4. The molecule has 0 atom stereocenters. The first-order valence-electron chi connectivity index (χ1n) is 12.0. The minimum Gasteiger partial charge on any atom is -0.507 e. The summed E-state index contributed by atoms with van der Waals surface area (Å²) in [5.74, 6) is 1.04. The van der Waals surface area contributed by atoms with E-state index >= 15 is 0 Å². The van der Waals surface area contributed by atoms with E-state index in [2.05, 4.69) is 83.8 Å². The molecule has 0 saturated heterocycles. The van der Waals surface area contributed by atoms with Crippen molar-refractivity contribution in [3.05, 3.63) is 84.1 Å². The van der Waals surface area contributed by atoms with Gasteiger partial charge in [0.05, 0.1) is 30.4 Å². The molecule has 1 N–H and O–H groups in total. The zero-order chi connectivity index (χ0) is 24.9. The average Bonchev–Trinajstić information content (AvgIpc) is 3.17. The number of aryl methyl sites for hydroxylation is 3. The molecular weight excluding hydrogens is 446 g/mol. The van der Waals surface area contributed by atoms with Crippen LogP contribution in [-0.2, 0) is 7.05 Å². The van der Waals surface area contributed by atoms with Crippen LogP contribution < -0.4 is 5.19 Å². The molecule has 0 aliphatic carbocycles. The van der Waals surface area contributed by atoms with Crippen molar-refractivity contribution in [2.45, 2.75) is 33.5 Å². The molecule has 0 bridgehead atoms. The number of benzene rings is 3. The van der Waals surface area contributed by atoms with Gasteiger partial charge in [0.2, 0.25) is 0 Å². The van der Waals surface area contributed by atoms with E-state index in [-0.39, 0.29) is 5.75 Å². The normalized spacial score (nSPS) is 11.8. The van der Waals surface area contributed by atoms with Crippen LogP contribution in [0.15, 0.2) is 72.9 Å². The lowest BCUT2D eigenvalue weighted by molar-refractivity contribution is 0.472. The van der Waals surface area contributed by atoms with Crippen LogP contribution in [0, 0.1) is 13.8 Å². The molecule has 2 heterocycles. The monoisotopic (exact) mass is 477 g/mol. The molecule has 3 aromatic carbocycles. The number of nitrogens with zero attached hydrogens (tertiary/aromatic N) is 3. The highest BCUT2D eigenvalue weighted by Gasteiger charge is 2.19. The van der Waals surface area contributed by atoms with Gasteiger partial charge in [-0.05, 0) is 60.9 Å². The molecule has 35 heavy (non-hydrogen) atoms. The summed E-state index contributed by atoms with van der Waals surface area (Å²) < 4.78 is 2.07. The molecule has 5 aromatic rings. The first kappa shape index (κ1) is 23.1. The molecule has 176 valence electrons. The lowest BCUT2D eigenvalue weighted by atomic mass is 10.0. The molecule has 4 nitrogen and oxygen atoms in total. The van der Waals surface area contributed by atoms with E-state index in [0.717, 1.165) is 55.9 Å². The van der Waals surface area contributed by atoms with Gasteiger partial charge in [-0.2, -0.15) is 0 Å². The second kappa shape index (κ2) is 8.50. The van der Waals surface area contributed by atoms with E-state index in [9.17, 15) is 5.11 Å². The Kier molecular flexibility index (Phi) is 5.60. The lowest BCUT2D eigenvalue weighted by Crippen LogP contribution is -2.37. The number of phenols is 1. The molecule has 2 aromatic heterocycles. The molecule has 0 amide bonds. The highest BCUT2D eigenvalue weighted by Crippen LogP contribution is 2.37. The van der Waals surface area contributed by atoms with Crippen LogP contribution in [-0.4, -0.2) is 27.7 Å². The fourth-order valence-electron chi connectivity index (χ4n) is 4.72. The fourth-order valence-corrected chi connectivity index (χ4v) is 5.86. The molecule has 0 aliphatic rings. The van der Waals surface area contributed by atoms with Gasteiger partial charge >= 0.3 is 0 Å². The van der Waals surface area contributed by atoms with Gasteiger partial charge in [-0.15, -0.1) is 0 Å². The van der Waals surface area contributed by atoms with Gasteiger partial charge in [0.1, 0.15) is 11.6 Å². The zero-order valence-corrected chi connectivity index (χ0v) is 22.2. The van der Waals surface area contributed by atoms with Gasteiger partial charge in [-0.1, -0.05) is 61.2 Å². The van der Waals surface area contributed by atoms with E-state index in [0.29, 0.717) is 0 Å². The second-order valence-electron chi connectivity index (χ2n) is 10.4. The Labute approximate surface area is 208 Å². The molecular formula is C30H31N3OSi. The van der Waals surface area contributed by atoms with Crippen molar-refractivity contribution < 1.29 is 5.11 Å². The SMILES string of the molecule is Cc1cc(C)c(O)c(-c2nc3c(-c4cccc(-c5cc([Si](C)(C)C)ccn5)c4)cccc3n2C)c1. The number of aromatic nitrogens is 3. The smallest absolute Gasteiger partial charge is 0.144 e. The quantitative estimate of drug-likeness (QED) is 0.288. The van der Waals surface area contributed by atoms with E-state index in [4.69, 9.17) is 4.98 Å². The summed E-state index contributed by atoms with van der Waals surface area (Å²) >= 11 is 0. The molecule has 5 rings (SSSR count). The number of hydrogen-bond donors (Lipinski definition) is 1. The molecule has 0 aliphatic heterocycles. The van der Waals surface area contributed by atoms with Crippen LogP contribution in [0.25, 0.3) is 44.8 Å². The van der Waals surface area contributed by atoms with E-state index < -0.39 is 8.07 Å². The first-order chi connectivity index (χ1) is 16.6. The Morgan fingerprint density at radius 2 is 1.57 bits per heavy atom. The van der Waals surface area contributed by atoms with Crippen molar-refractivity contribution in [1.82, 2.24) is 14.5 Å². The Hall–Kier alpha value is -3.70. The summed E-state index contributed by atoms with van der Waals surface area (Å²) in [7, 11) is 0.574. The number of pyridine rings is 1. The summed E-state index contributed by atoms with van der Waals surface area (Å²) in [6.45, 7) is 11.0. The van der Waals surface area contributed by atoms with Gasteiger partial charge in [0.15, 0.2) is 0 Å². The Bertz CT molecular complexity index is 1580. The summed E-state index contributed by atoms with van der Waals surface area (Å²) in [6.07, 6.45) is 1.93. The highest BCUT2D eigenvalue weighted by atomic mass is 28.3. The largest absolute Gasteiger partial charge is 0.507 e. The summed E-state index contributed by atoms with van der Waals surface area (Å²) in [5.41, 5.74) is 8.93. The maximum absolute atomic E-state index is 10.8. The van der Waals surface area contributed by atoms with Gasteiger partial charge in [0.25, 0.3) is 0 Å². The maximum atomic E-state index is 10.8. The fraction of sp³-hybridized carbons (Fsp3) is 0.200. The topological polar surface area (TPSA) is 50.9 Å². The van der Waals surface area contributed by atoms with Crippen molar-refractivity contribution in [1.29, 1.82) is 0 Å². The summed E-state index contributed by atoms with van der Waals surface area (Å²) in [5, 5.41) is 12.2. The van der Waals surface area contributed by atoms with E-state index in [1.165, 1.54) is 5.19 Å². The molecule has 5 heteroatoms. The number of hydrogen-bond acceptors (Lipinski definition) is 3. The summed E-state index contributed by atoms with van der Waals surface area (Å²) in [6, 6.07) is 23.2. The van der Waals surface area contributed by atoms with Crippen LogP contribution >= 0.6 is 0 Å². The van der Waals surface area contributed by atoms with E-state index in [1.54, 1.807) is 0 Å². The van der Waals surface area contributed by atoms with Crippen molar-refractivity contribution in [3.63, 3.8) is 0 Å². The average molecular weight is 478 g/mol. The number of fused-ring (bicyclic) bond motifs is 1. The minimum atomic E-state index is -1.43. The Morgan fingerprint density at radius 1 is 0.829 bits per heavy atom. The number of phenolic OH excluding ortho intramolecular Hbond substituents is 1. The van der Waals surface area contributed by atoms with Crippen molar-refractivity contribution in [3.8, 4) is 39.5 Å². The number of imidazole rings is 1. The lowest BCUT2D eigenvalue weighted by Gasteiger charge is -2.17. The van der Waals surface area contributed by atoms with Crippen LogP contribution in [0.2, 0.25) is 19.6 Å². The molecule has 0 radical (unpaired) electrons. The van der Waals surface area contributed by atoms with E-state index in [1.807, 2.05) is 39.2 Å². The second-order valence-corrected chi connectivity index (χ2v) is 15.5. The van der Waals surface area contributed by atoms with Crippen molar-refractivity contribution in [2.75, 3.05) is 0 Å². The molecule has 0 spiro atoms. The Morgan fingerprint density at radius 3 is 2.34 bits per heavy atom. The zero-order valence-electron chi connectivity index (χ0n) is 21.2. The number of para-hydroxylation sites is 1. The highest BCUT2D eigenvalue weighted by molar-refractivity contribution is 6.88. The Balaban J connectivity index is 1.65. The maximum Gasteiger partial charge on any atom is 0.144 e. The molecule has 0 saturated carbocycles. The third-order valence-electron chi connectivity index (χ3n) is 6.69. The van der Waals surface area contributed by atoms with Crippen molar-refractivity contribution >= 4 is 24.3 Å². The van der Waals surface area contributed by atoms with Gasteiger partial charge in [0, 0.05) is 24.4 Å². The van der Waals surface area contributed by atoms with Crippen LogP contribution in [0.3, 0.4) is 0 Å². The molecule has 0 fully saturated rings. The van der Waals surface area contributed by atoms with Crippen LogP contribution in [0.5, 0.6) is 5.75 Å². The standard InChI is InChI=1S/C30H31N3OSi/c1-19-15-20(2)29(34)25(16-19)30-32-28-24(11-8-12-27(28)33(30)3)21-9-7-10-22(17-21)26-18-23(13-14-31-26)35(4,5)6/h7-18,34H,1-6H3. The third kappa shape index (κ3) is 4.17. The predicted molar refractivity (Wildman–Crippen MR) is 149 cm³/mol. The van der Waals surface area contributed by atoms with Crippen molar-refractivity contribution in [2.24, 2.45) is 7.05 Å². The first-order valence-corrected chi connectivity index (χ1v) is 15.5. The van der Waals surface area contributed by atoms with Crippen LogP contribution in [0.1, 0.15) is 11.1 Å². The third-order valence-corrected chi connectivity index (χ3v) is 8.74.